The minimum atomic E-state index is -0.682. The fourth-order valence-corrected chi connectivity index (χ4v) is 5.11. The number of aldehydes is 1. The molecular formula is C33H51N7O3. The monoisotopic (exact) mass is 593 g/mol. The van der Waals surface area contributed by atoms with Crippen molar-refractivity contribution in [3.8, 4) is 0 Å². The molecule has 2 rings (SSSR count). The Labute approximate surface area is 257 Å². The van der Waals surface area contributed by atoms with E-state index in [-0.39, 0.29) is 24.0 Å². The number of benzene rings is 2. The molecule has 10 nitrogen and oxygen atoms in total. The lowest BCUT2D eigenvalue weighted by atomic mass is 9.68. The number of allylic oxidation sites excluding steroid dienone is 2. The van der Waals surface area contributed by atoms with E-state index in [1.165, 1.54) is 0 Å². The number of hydrazine groups is 1. The number of nitrogens with one attached hydrogen (secondary N) is 4. The number of carbonyl (C=O) groups excluding carboxylic acids is 2. The first-order valence-corrected chi connectivity index (χ1v) is 14.9. The van der Waals surface area contributed by atoms with Gasteiger partial charge in [-0.05, 0) is 70.3 Å². The molecule has 0 radical (unpaired) electrons. The first-order valence-electron chi connectivity index (χ1n) is 14.9. The summed E-state index contributed by atoms with van der Waals surface area (Å²) in [4.78, 5) is 28.7. The zero-order valence-corrected chi connectivity index (χ0v) is 26.6. The maximum absolute atomic E-state index is 13.5. The summed E-state index contributed by atoms with van der Waals surface area (Å²) in [6, 6.07) is 20.3. The van der Waals surface area contributed by atoms with Crippen molar-refractivity contribution >= 4 is 18.3 Å². The van der Waals surface area contributed by atoms with Crippen LogP contribution in [0.2, 0.25) is 0 Å². The van der Waals surface area contributed by atoms with Gasteiger partial charge >= 0.3 is 6.09 Å². The van der Waals surface area contributed by atoms with Crippen molar-refractivity contribution in [1.82, 2.24) is 26.0 Å². The predicted octanol–water partition coefficient (Wildman–Crippen LogP) is 3.85. The topological polar surface area (TPSA) is 136 Å². The van der Waals surface area contributed by atoms with Gasteiger partial charge in [0.05, 0.1) is 11.5 Å². The molecule has 2 unspecified atom stereocenters. The van der Waals surface area contributed by atoms with Crippen LogP contribution in [-0.4, -0.2) is 81.0 Å². The average molecular weight is 594 g/mol. The first kappa shape index (κ1) is 35.5. The molecule has 0 aliphatic rings. The molecule has 43 heavy (non-hydrogen) atoms. The Bertz CT molecular complexity index is 1120. The third-order valence-electron chi connectivity index (χ3n) is 7.70. The Morgan fingerprint density at radius 1 is 1.05 bits per heavy atom. The third-order valence-corrected chi connectivity index (χ3v) is 7.70. The summed E-state index contributed by atoms with van der Waals surface area (Å²) in [7, 11) is 5.87. The number of guanidine groups is 1. The van der Waals surface area contributed by atoms with Crippen LogP contribution in [-0.2, 0) is 14.9 Å². The van der Waals surface area contributed by atoms with Crippen molar-refractivity contribution in [3.05, 3.63) is 83.6 Å². The molecule has 0 spiro atoms. The van der Waals surface area contributed by atoms with Gasteiger partial charge in [-0.1, -0.05) is 67.6 Å². The van der Waals surface area contributed by atoms with Crippen LogP contribution in [0.4, 0.5) is 4.79 Å². The van der Waals surface area contributed by atoms with Gasteiger partial charge in [0.15, 0.2) is 5.96 Å². The van der Waals surface area contributed by atoms with Crippen molar-refractivity contribution in [3.63, 3.8) is 0 Å². The summed E-state index contributed by atoms with van der Waals surface area (Å²) < 4.78 is 6.27. The second-order valence-corrected chi connectivity index (χ2v) is 11.4. The molecule has 0 heterocycles. The lowest BCUT2D eigenvalue weighted by Crippen LogP contribution is -2.46. The number of carbonyl (C=O) groups is 2. The SMILES string of the molecule is C/C=C(\OC(=O)N(C)CC(C)CNN[C@H](C=O)CCCNC(=N)N)C(CC(C)N(C)C)(c1ccccc1)c1ccccc1. The predicted molar refractivity (Wildman–Crippen MR) is 174 cm³/mol. The highest BCUT2D eigenvalue weighted by molar-refractivity contribution is 5.74. The van der Waals surface area contributed by atoms with E-state index in [4.69, 9.17) is 15.9 Å². The summed E-state index contributed by atoms with van der Waals surface area (Å²) in [5, 5.41) is 9.93. The minimum Gasteiger partial charge on any atom is -0.414 e. The van der Waals surface area contributed by atoms with E-state index in [1.54, 1.807) is 11.9 Å². The van der Waals surface area contributed by atoms with Gasteiger partial charge in [-0.25, -0.2) is 10.2 Å². The standard InChI is InChI=1S/C33H51N7O3/c1-7-30(33(21-26(3)39(4)5,27-15-10-8-11-16-27)28-17-12-9-13-18-28)43-32(42)40(6)23-25(2)22-37-38-29(24-41)19-14-20-36-31(34)35/h7-13,15-18,24-26,29,37-38H,14,19-23H2,1-6H3,(H4,34,35,36)/b30-7-/t25?,26?,29-/m0/s1. The van der Waals surface area contributed by atoms with Crippen molar-refractivity contribution < 1.29 is 14.3 Å². The fourth-order valence-electron chi connectivity index (χ4n) is 5.11. The molecular weight excluding hydrogens is 542 g/mol. The molecule has 3 atom stereocenters. The highest BCUT2D eigenvalue weighted by Crippen LogP contribution is 2.44. The van der Waals surface area contributed by atoms with Crippen LogP contribution in [0.25, 0.3) is 0 Å². The molecule has 0 saturated carbocycles. The van der Waals surface area contributed by atoms with Crippen molar-refractivity contribution in [2.45, 2.75) is 57.5 Å². The highest BCUT2D eigenvalue weighted by atomic mass is 16.6. The van der Waals surface area contributed by atoms with E-state index in [9.17, 15) is 9.59 Å². The van der Waals surface area contributed by atoms with Crippen LogP contribution < -0.4 is 21.9 Å². The molecule has 0 aliphatic heterocycles. The Morgan fingerprint density at radius 3 is 2.12 bits per heavy atom. The maximum atomic E-state index is 13.5. The van der Waals surface area contributed by atoms with E-state index in [1.807, 2.05) is 56.3 Å². The molecule has 2 aromatic rings. The molecule has 0 saturated heterocycles. The number of nitrogens with zero attached hydrogens (tertiary/aromatic N) is 2. The lowest BCUT2D eigenvalue weighted by Gasteiger charge is -2.40. The normalized spacial score (nSPS) is 14.1. The Kier molecular flexibility index (Phi) is 14.9. The van der Waals surface area contributed by atoms with Crippen molar-refractivity contribution in [2.24, 2.45) is 11.7 Å². The van der Waals surface area contributed by atoms with Crippen LogP contribution in [0, 0.1) is 11.3 Å². The quantitative estimate of drug-likeness (QED) is 0.0439. The fraction of sp³-hybridized carbons (Fsp3) is 0.485. The second-order valence-electron chi connectivity index (χ2n) is 11.4. The summed E-state index contributed by atoms with van der Waals surface area (Å²) >= 11 is 0. The van der Waals surface area contributed by atoms with E-state index in [0.717, 1.165) is 17.4 Å². The smallest absolute Gasteiger partial charge is 0.414 e. The minimum absolute atomic E-state index is 0.0764. The number of hydrogen-bond donors (Lipinski definition) is 5. The second kappa shape index (κ2) is 18.0. The zero-order valence-electron chi connectivity index (χ0n) is 26.6. The van der Waals surface area contributed by atoms with Gasteiger partial charge in [0, 0.05) is 32.7 Å². The maximum Gasteiger partial charge on any atom is 0.414 e. The molecule has 0 aromatic heterocycles. The molecule has 6 N–H and O–H groups in total. The van der Waals surface area contributed by atoms with E-state index < -0.39 is 11.5 Å². The van der Waals surface area contributed by atoms with Crippen LogP contribution in [0.5, 0.6) is 0 Å². The molecule has 0 aliphatic carbocycles. The molecule has 1 amide bonds. The lowest BCUT2D eigenvalue weighted by molar-refractivity contribution is -0.110. The van der Waals surface area contributed by atoms with E-state index in [2.05, 4.69) is 66.4 Å². The van der Waals surface area contributed by atoms with Crippen LogP contribution >= 0.6 is 0 Å². The Balaban J connectivity index is 2.15. The molecule has 0 bridgehead atoms. The van der Waals surface area contributed by atoms with Crippen LogP contribution in [0.3, 0.4) is 0 Å². The average Bonchev–Trinajstić information content (AvgIpc) is 3.00. The number of hydrogen-bond acceptors (Lipinski definition) is 7. The van der Waals surface area contributed by atoms with Gasteiger partial charge in [-0.15, -0.1) is 0 Å². The van der Waals surface area contributed by atoms with Crippen LogP contribution in [0.1, 0.15) is 51.2 Å². The van der Waals surface area contributed by atoms with Gasteiger partial charge in [0.2, 0.25) is 0 Å². The summed E-state index contributed by atoms with van der Waals surface area (Å²) in [6.07, 6.45) is 4.34. The van der Waals surface area contributed by atoms with Gasteiger partial charge in [-0.2, -0.15) is 0 Å². The van der Waals surface area contributed by atoms with Crippen molar-refractivity contribution in [2.75, 3.05) is 40.8 Å². The Hall–Kier alpha value is -3.73. The third kappa shape index (κ3) is 10.8. The van der Waals surface area contributed by atoms with Gasteiger partial charge in [0.1, 0.15) is 12.0 Å². The van der Waals surface area contributed by atoms with Crippen LogP contribution in [0.15, 0.2) is 72.5 Å². The molecule has 2 aromatic carbocycles. The number of ether oxygens (including phenoxy) is 1. The summed E-state index contributed by atoms with van der Waals surface area (Å²) in [6.45, 7) is 7.66. The number of nitrogens with two attached hydrogens (primary N) is 1. The summed E-state index contributed by atoms with van der Waals surface area (Å²) in [5.74, 6) is 0.587. The Morgan fingerprint density at radius 2 is 1.63 bits per heavy atom. The van der Waals surface area contributed by atoms with Gasteiger partial charge < -0.3 is 30.4 Å². The summed E-state index contributed by atoms with van der Waals surface area (Å²) in [5.41, 5.74) is 12.9. The number of amides is 1. The molecule has 0 fully saturated rings. The van der Waals surface area contributed by atoms with Gasteiger partial charge in [0.25, 0.3) is 0 Å². The molecule has 236 valence electrons. The van der Waals surface area contributed by atoms with Crippen molar-refractivity contribution in [1.29, 1.82) is 5.41 Å². The molecule has 10 heteroatoms. The first-order chi connectivity index (χ1) is 20.5. The van der Waals surface area contributed by atoms with E-state index >= 15 is 0 Å². The van der Waals surface area contributed by atoms with Gasteiger partial charge in [-0.3, -0.25) is 10.8 Å². The van der Waals surface area contributed by atoms with E-state index in [0.29, 0.717) is 44.7 Å². The highest BCUT2D eigenvalue weighted by Gasteiger charge is 2.42. The zero-order chi connectivity index (χ0) is 31.8. The number of rotatable bonds is 18. The largest absolute Gasteiger partial charge is 0.414 e.